The van der Waals surface area contributed by atoms with Crippen molar-refractivity contribution in [1.82, 2.24) is 0 Å². The minimum Gasteiger partial charge on any atom is -0.478 e. The second kappa shape index (κ2) is 5.40. The number of benzene rings is 1. The standard InChI is InChI=1S/C11H15NO2/c12-7-2-1-4-9-5-3-6-10(8-9)11(13)14/h3,5-6,8H,1-2,4,7,12H2,(H,13,14). The van der Waals surface area contributed by atoms with Crippen LogP contribution in [0.4, 0.5) is 0 Å². The second-order valence-electron chi connectivity index (χ2n) is 3.25. The molecule has 14 heavy (non-hydrogen) atoms. The summed E-state index contributed by atoms with van der Waals surface area (Å²) in [7, 11) is 0. The number of carboxylic acid groups (broad SMARTS) is 1. The molecule has 3 nitrogen and oxygen atoms in total. The molecular weight excluding hydrogens is 178 g/mol. The van der Waals surface area contributed by atoms with Crippen LogP contribution in [0.2, 0.25) is 0 Å². The molecule has 3 N–H and O–H groups in total. The smallest absolute Gasteiger partial charge is 0.335 e. The molecule has 0 aliphatic carbocycles. The molecule has 0 spiro atoms. The Bertz CT molecular complexity index is 310. The molecule has 1 aromatic rings. The molecular formula is C11H15NO2. The minimum absolute atomic E-state index is 0.357. The van der Waals surface area contributed by atoms with Crippen molar-refractivity contribution in [2.45, 2.75) is 19.3 Å². The maximum absolute atomic E-state index is 10.7. The first kappa shape index (κ1) is 10.7. The Balaban J connectivity index is 2.59. The first-order chi connectivity index (χ1) is 6.74. The maximum atomic E-state index is 10.7. The summed E-state index contributed by atoms with van der Waals surface area (Å²) >= 11 is 0. The molecule has 0 aliphatic rings. The number of aromatic carboxylic acids is 1. The Morgan fingerprint density at radius 2 is 2.14 bits per heavy atom. The van der Waals surface area contributed by atoms with Gasteiger partial charge >= 0.3 is 5.97 Å². The molecule has 0 aliphatic heterocycles. The summed E-state index contributed by atoms with van der Waals surface area (Å²) in [6, 6.07) is 7.05. The van der Waals surface area contributed by atoms with Crippen molar-refractivity contribution < 1.29 is 9.90 Å². The van der Waals surface area contributed by atoms with Crippen LogP contribution < -0.4 is 5.73 Å². The largest absolute Gasteiger partial charge is 0.478 e. The molecule has 0 saturated heterocycles. The van der Waals surface area contributed by atoms with Crippen molar-refractivity contribution in [2.24, 2.45) is 5.73 Å². The van der Waals surface area contributed by atoms with E-state index in [-0.39, 0.29) is 0 Å². The van der Waals surface area contributed by atoms with Gasteiger partial charge in [0.1, 0.15) is 0 Å². The summed E-state index contributed by atoms with van der Waals surface area (Å²) < 4.78 is 0. The lowest BCUT2D eigenvalue weighted by atomic mass is 10.1. The highest BCUT2D eigenvalue weighted by Crippen LogP contribution is 2.08. The molecule has 0 heterocycles. The van der Waals surface area contributed by atoms with Crippen LogP contribution >= 0.6 is 0 Å². The zero-order chi connectivity index (χ0) is 10.4. The van der Waals surface area contributed by atoms with Crippen LogP contribution in [0.3, 0.4) is 0 Å². The van der Waals surface area contributed by atoms with Crippen LogP contribution in [0.1, 0.15) is 28.8 Å². The van der Waals surface area contributed by atoms with E-state index in [9.17, 15) is 4.79 Å². The van der Waals surface area contributed by atoms with E-state index in [0.717, 1.165) is 24.8 Å². The first-order valence-corrected chi connectivity index (χ1v) is 4.76. The Morgan fingerprint density at radius 3 is 2.79 bits per heavy atom. The van der Waals surface area contributed by atoms with Gasteiger partial charge < -0.3 is 10.8 Å². The van der Waals surface area contributed by atoms with Crippen LogP contribution in [-0.4, -0.2) is 17.6 Å². The van der Waals surface area contributed by atoms with Gasteiger partial charge in [-0.2, -0.15) is 0 Å². The number of hydrogen-bond donors (Lipinski definition) is 2. The van der Waals surface area contributed by atoms with Crippen LogP contribution in [-0.2, 0) is 6.42 Å². The van der Waals surface area contributed by atoms with Crippen LogP contribution in [0.5, 0.6) is 0 Å². The zero-order valence-electron chi connectivity index (χ0n) is 8.07. The summed E-state index contributed by atoms with van der Waals surface area (Å²) in [5.74, 6) is -0.870. The summed E-state index contributed by atoms with van der Waals surface area (Å²) in [6.45, 7) is 0.693. The molecule has 0 atom stereocenters. The van der Waals surface area contributed by atoms with E-state index in [1.807, 2.05) is 6.07 Å². The van der Waals surface area contributed by atoms with Crippen molar-refractivity contribution in [3.8, 4) is 0 Å². The molecule has 3 heteroatoms. The van der Waals surface area contributed by atoms with Gasteiger partial charge in [0, 0.05) is 0 Å². The van der Waals surface area contributed by atoms with Gasteiger partial charge in [0.15, 0.2) is 0 Å². The number of unbranched alkanes of at least 4 members (excludes halogenated alkanes) is 1. The normalized spacial score (nSPS) is 10.1. The Hall–Kier alpha value is -1.35. The van der Waals surface area contributed by atoms with Crippen molar-refractivity contribution in [1.29, 1.82) is 0 Å². The van der Waals surface area contributed by atoms with E-state index in [1.54, 1.807) is 18.2 Å². The van der Waals surface area contributed by atoms with E-state index in [4.69, 9.17) is 10.8 Å². The Kier molecular flexibility index (Phi) is 4.13. The summed E-state index contributed by atoms with van der Waals surface area (Å²) in [6.07, 6.45) is 2.90. The van der Waals surface area contributed by atoms with Gasteiger partial charge in [-0.05, 0) is 43.5 Å². The monoisotopic (exact) mass is 193 g/mol. The Labute approximate surface area is 83.6 Å². The lowest BCUT2D eigenvalue weighted by molar-refractivity contribution is 0.0697. The fourth-order valence-electron chi connectivity index (χ4n) is 1.33. The van der Waals surface area contributed by atoms with Gasteiger partial charge in [0.05, 0.1) is 5.56 Å². The average molecular weight is 193 g/mol. The number of rotatable bonds is 5. The SMILES string of the molecule is NCCCCc1cccc(C(=O)O)c1. The summed E-state index contributed by atoms with van der Waals surface area (Å²) in [5.41, 5.74) is 6.80. The second-order valence-corrected chi connectivity index (χ2v) is 3.25. The van der Waals surface area contributed by atoms with E-state index in [1.165, 1.54) is 0 Å². The van der Waals surface area contributed by atoms with Gasteiger partial charge in [0.25, 0.3) is 0 Å². The van der Waals surface area contributed by atoms with Crippen molar-refractivity contribution in [3.05, 3.63) is 35.4 Å². The number of aryl methyl sites for hydroxylation is 1. The summed E-state index contributed by atoms with van der Waals surface area (Å²) in [4.78, 5) is 10.7. The molecule has 0 aromatic heterocycles. The fraction of sp³-hybridized carbons (Fsp3) is 0.364. The molecule has 0 radical (unpaired) electrons. The van der Waals surface area contributed by atoms with Crippen LogP contribution in [0.25, 0.3) is 0 Å². The third-order valence-electron chi connectivity index (χ3n) is 2.09. The lowest BCUT2D eigenvalue weighted by Crippen LogP contribution is -2.00. The molecule has 1 aromatic carbocycles. The van der Waals surface area contributed by atoms with E-state index < -0.39 is 5.97 Å². The number of carboxylic acids is 1. The highest BCUT2D eigenvalue weighted by atomic mass is 16.4. The minimum atomic E-state index is -0.870. The third-order valence-corrected chi connectivity index (χ3v) is 2.09. The zero-order valence-corrected chi connectivity index (χ0v) is 8.07. The van der Waals surface area contributed by atoms with Gasteiger partial charge in [-0.25, -0.2) is 4.79 Å². The first-order valence-electron chi connectivity index (χ1n) is 4.76. The average Bonchev–Trinajstić information content (AvgIpc) is 2.19. The lowest BCUT2D eigenvalue weighted by Gasteiger charge is -2.01. The van der Waals surface area contributed by atoms with Gasteiger partial charge in [-0.15, -0.1) is 0 Å². The number of nitrogens with two attached hydrogens (primary N) is 1. The maximum Gasteiger partial charge on any atom is 0.335 e. The van der Waals surface area contributed by atoms with Crippen molar-refractivity contribution in [3.63, 3.8) is 0 Å². The van der Waals surface area contributed by atoms with Crippen molar-refractivity contribution >= 4 is 5.97 Å². The third kappa shape index (κ3) is 3.18. The molecule has 0 bridgehead atoms. The predicted molar refractivity (Wildman–Crippen MR) is 55.4 cm³/mol. The molecule has 0 amide bonds. The van der Waals surface area contributed by atoms with Crippen LogP contribution in [0.15, 0.2) is 24.3 Å². The topological polar surface area (TPSA) is 63.3 Å². The molecule has 0 saturated carbocycles. The number of hydrogen-bond acceptors (Lipinski definition) is 2. The quantitative estimate of drug-likeness (QED) is 0.699. The van der Waals surface area contributed by atoms with Crippen molar-refractivity contribution in [2.75, 3.05) is 6.54 Å². The fourth-order valence-corrected chi connectivity index (χ4v) is 1.33. The highest BCUT2D eigenvalue weighted by Gasteiger charge is 2.02. The van der Waals surface area contributed by atoms with Gasteiger partial charge in [0.2, 0.25) is 0 Å². The Morgan fingerprint density at radius 1 is 1.36 bits per heavy atom. The number of carbonyl (C=O) groups is 1. The predicted octanol–water partition coefficient (Wildman–Crippen LogP) is 1.67. The van der Waals surface area contributed by atoms with E-state index >= 15 is 0 Å². The van der Waals surface area contributed by atoms with Gasteiger partial charge in [-0.3, -0.25) is 0 Å². The molecule has 1 rings (SSSR count). The summed E-state index contributed by atoms with van der Waals surface area (Å²) in [5, 5.41) is 8.76. The highest BCUT2D eigenvalue weighted by molar-refractivity contribution is 5.87. The van der Waals surface area contributed by atoms with E-state index in [2.05, 4.69) is 0 Å². The van der Waals surface area contributed by atoms with Crippen LogP contribution in [0, 0.1) is 0 Å². The molecule has 0 unspecified atom stereocenters. The molecule has 0 fully saturated rings. The van der Waals surface area contributed by atoms with E-state index in [0.29, 0.717) is 12.1 Å². The molecule has 76 valence electrons. The van der Waals surface area contributed by atoms with Gasteiger partial charge in [-0.1, -0.05) is 12.1 Å².